The first-order chi connectivity index (χ1) is 16.4. The molecule has 34 heavy (non-hydrogen) atoms. The highest BCUT2D eigenvalue weighted by atomic mass is 32.2. The average Bonchev–Trinajstić information content (AvgIpc) is 3.37. The van der Waals surface area contributed by atoms with Gasteiger partial charge in [-0.3, -0.25) is 9.59 Å². The third kappa shape index (κ3) is 4.25. The van der Waals surface area contributed by atoms with Crippen molar-refractivity contribution in [3.63, 3.8) is 0 Å². The molecule has 0 aromatic heterocycles. The topological polar surface area (TPSA) is 78.0 Å². The van der Waals surface area contributed by atoms with E-state index < -0.39 is 10.0 Å². The van der Waals surface area contributed by atoms with Crippen molar-refractivity contribution in [2.45, 2.75) is 42.4 Å². The first-order valence-corrected chi connectivity index (χ1v) is 14.3. The molecule has 0 saturated carbocycles. The van der Waals surface area contributed by atoms with Crippen molar-refractivity contribution < 1.29 is 18.0 Å². The van der Waals surface area contributed by atoms with Gasteiger partial charge in [-0.2, -0.15) is 4.31 Å². The Labute approximate surface area is 205 Å². The zero-order valence-electron chi connectivity index (χ0n) is 19.3. The molecule has 2 aromatic carbocycles. The minimum Gasteiger partial charge on any atom is -0.311 e. The van der Waals surface area contributed by atoms with Crippen LogP contribution >= 0.6 is 11.8 Å². The fourth-order valence-corrected chi connectivity index (χ4v) is 7.51. The largest absolute Gasteiger partial charge is 0.311 e. The van der Waals surface area contributed by atoms with Crippen LogP contribution in [-0.2, 0) is 26.0 Å². The molecule has 3 heterocycles. The van der Waals surface area contributed by atoms with Crippen molar-refractivity contribution in [1.29, 1.82) is 0 Å². The van der Waals surface area contributed by atoms with Crippen LogP contribution in [0.1, 0.15) is 31.7 Å². The highest BCUT2D eigenvalue weighted by Crippen LogP contribution is 2.38. The monoisotopic (exact) mass is 499 g/mol. The molecule has 180 valence electrons. The average molecular weight is 500 g/mol. The number of para-hydroxylation sites is 1. The van der Waals surface area contributed by atoms with E-state index in [1.807, 2.05) is 31.2 Å². The van der Waals surface area contributed by atoms with E-state index in [2.05, 4.69) is 0 Å². The smallest absolute Gasteiger partial charge is 0.247 e. The third-order valence-electron chi connectivity index (χ3n) is 6.81. The summed E-state index contributed by atoms with van der Waals surface area (Å²) in [4.78, 5) is 31.1. The van der Waals surface area contributed by atoms with Crippen molar-refractivity contribution in [3.05, 3.63) is 48.0 Å². The summed E-state index contributed by atoms with van der Waals surface area (Å²) in [6, 6.07) is 12.9. The maximum Gasteiger partial charge on any atom is 0.247 e. The number of rotatable bonds is 4. The minimum atomic E-state index is -3.64. The van der Waals surface area contributed by atoms with Gasteiger partial charge in [-0.05, 0) is 55.5 Å². The van der Waals surface area contributed by atoms with E-state index in [9.17, 15) is 18.0 Å². The zero-order valence-corrected chi connectivity index (χ0v) is 20.9. The molecule has 0 spiro atoms. The van der Waals surface area contributed by atoms with Gasteiger partial charge in [0.25, 0.3) is 0 Å². The van der Waals surface area contributed by atoms with Crippen LogP contribution in [0.3, 0.4) is 0 Å². The first-order valence-electron chi connectivity index (χ1n) is 11.8. The molecular weight excluding hydrogens is 470 g/mol. The van der Waals surface area contributed by atoms with Gasteiger partial charge in [-0.1, -0.05) is 25.1 Å². The Morgan fingerprint density at radius 1 is 1.03 bits per heavy atom. The molecule has 0 radical (unpaired) electrons. The van der Waals surface area contributed by atoms with Gasteiger partial charge in [-0.15, -0.1) is 11.8 Å². The lowest BCUT2D eigenvalue weighted by molar-refractivity contribution is -0.124. The fourth-order valence-electron chi connectivity index (χ4n) is 4.92. The molecule has 0 bridgehead atoms. The van der Waals surface area contributed by atoms with Gasteiger partial charge in [0.15, 0.2) is 0 Å². The van der Waals surface area contributed by atoms with Crippen LogP contribution in [0.5, 0.6) is 0 Å². The number of benzene rings is 2. The maximum atomic E-state index is 13.5. The van der Waals surface area contributed by atoms with E-state index in [1.165, 1.54) is 21.0 Å². The number of hydrogen-bond acceptors (Lipinski definition) is 5. The van der Waals surface area contributed by atoms with E-state index in [0.717, 1.165) is 41.8 Å². The van der Waals surface area contributed by atoms with E-state index in [0.29, 0.717) is 31.1 Å². The Balaban J connectivity index is 1.50. The Morgan fingerprint density at radius 2 is 1.79 bits per heavy atom. The van der Waals surface area contributed by atoms with Crippen molar-refractivity contribution >= 4 is 45.0 Å². The summed E-state index contributed by atoms with van der Waals surface area (Å²) >= 11 is 1.53. The molecule has 1 unspecified atom stereocenters. The minimum absolute atomic E-state index is 0.113. The van der Waals surface area contributed by atoms with E-state index in [4.69, 9.17) is 0 Å². The number of anilines is 2. The number of amides is 2. The van der Waals surface area contributed by atoms with Crippen LogP contribution in [0.25, 0.3) is 0 Å². The molecule has 7 nitrogen and oxygen atoms in total. The van der Waals surface area contributed by atoms with Gasteiger partial charge in [0.2, 0.25) is 21.8 Å². The highest BCUT2D eigenvalue weighted by molar-refractivity contribution is 7.99. The lowest BCUT2D eigenvalue weighted by Crippen LogP contribution is -2.46. The predicted molar refractivity (Wildman–Crippen MR) is 134 cm³/mol. The maximum absolute atomic E-state index is 13.5. The van der Waals surface area contributed by atoms with Crippen LogP contribution in [-0.4, -0.2) is 56.5 Å². The Kier molecular flexibility index (Phi) is 6.43. The van der Waals surface area contributed by atoms with Gasteiger partial charge in [0, 0.05) is 41.9 Å². The summed E-state index contributed by atoms with van der Waals surface area (Å²) in [5, 5.41) is 0. The quantitative estimate of drug-likeness (QED) is 0.643. The Morgan fingerprint density at radius 3 is 2.59 bits per heavy atom. The molecule has 3 aliphatic rings. The number of carbonyl (C=O) groups is 2. The molecule has 2 aromatic rings. The number of hydrogen-bond donors (Lipinski definition) is 0. The fraction of sp³-hybridized carbons (Fsp3) is 0.440. The standard InChI is InChI=1S/C25H29N3O4S2/c1-18-17-33-23-11-10-20(34(31,32)26-12-4-5-13-26)15-22(23)28(25(18)30)16-24(29)27-14-6-8-19-7-2-3-9-21(19)27/h2-3,7,9-11,15,18H,4-6,8,12-14,16-17H2,1H3. The second-order valence-corrected chi connectivity index (χ2v) is 12.2. The third-order valence-corrected chi connectivity index (χ3v) is 10.0. The molecule has 3 aliphatic heterocycles. The van der Waals surface area contributed by atoms with Gasteiger partial charge < -0.3 is 9.80 Å². The van der Waals surface area contributed by atoms with Gasteiger partial charge in [-0.25, -0.2) is 8.42 Å². The first kappa shape index (κ1) is 23.4. The van der Waals surface area contributed by atoms with Gasteiger partial charge >= 0.3 is 0 Å². The highest BCUT2D eigenvalue weighted by Gasteiger charge is 2.34. The molecule has 2 amide bonds. The Bertz CT molecular complexity index is 1220. The Hall–Kier alpha value is -2.36. The van der Waals surface area contributed by atoms with Crippen molar-refractivity contribution in [1.82, 2.24) is 4.31 Å². The van der Waals surface area contributed by atoms with Crippen molar-refractivity contribution in [2.75, 3.05) is 41.7 Å². The molecule has 9 heteroatoms. The summed E-state index contributed by atoms with van der Waals surface area (Å²) in [6.45, 7) is 3.38. The van der Waals surface area contributed by atoms with E-state index in [1.54, 1.807) is 23.1 Å². The number of nitrogens with zero attached hydrogens (tertiary/aromatic N) is 3. The predicted octanol–water partition coefficient (Wildman–Crippen LogP) is 3.53. The summed E-state index contributed by atoms with van der Waals surface area (Å²) in [7, 11) is -3.64. The van der Waals surface area contributed by atoms with Crippen LogP contribution in [0.2, 0.25) is 0 Å². The summed E-state index contributed by atoms with van der Waals surface area (Å²) < 4.78 is 27.9. The molecule has 0 aliphatic carbocycles. The van der Waals surface area contributed by atoms with Gasteiger partial charge in [0.05, 0.1) is 10.6 Å². The molecule has 1 atom stereocenters. The molecule has 1 fully saturated rings. The number of carbonyl (C=O) groups excluding carboxylic acids is 2. The summed E-state index contributed by atoms with van der Waals surface area (Å²) in [6.07, 6.45) is 3.51. The number of fused-ring (bicyclic) bond motifs is 2. The molecular formula is C25H29N3O4S2. The molecule has 1 saturated heterocycles. The molecule has 0 N–H and O–H groups in total. The lowest BCUT2D eigenvalue weighted by atomic mass is 10.0. The second-order valence-electron chi connectivity index (χ2n) is 9.15. The van der Waals surface area contributed by atoms with Crippen LogP contribution in [0.15, 0.2) is 52.3 Å². The van der Waals surface area contributed by atoms with Gasteiger partial charge in [0.1, 0.15) is 6.54 Å². The van der Waals surface area contributed by atoms with E-state index in [-0.39, 0.29) is 29.2 Å². The summed E-state index contributed by atoms with van der Waals surface area (Å²) in [5.74, 6) is -0.00200. The lowest BCUT2D eigenvalue weighted by Gasteiger charge is -2.32. The number of sulfonamides is 1. The zero-order chi connectivity index (χ0) is 23.9. The van der Waals surface area contributed by atoms with Crippen LogP contribution in [0.4, 0.5) is 11.4 Å². The van der Waals surface area contributed by atoms with Crippen LogP contribution < -0.4 is 9.80 Å². The second kappa shape index (κ2) is 9.36. The van der Waals surface area contributed by atoms with Crippen molar-refractivity contribution in [3.8, 4) is 0 Å². The number of thioether (sulfide) groups is 1. The molecule has 5 rings (SSSR count). The summed E-state index contributed by atoms with van der Waals surface area (Å²) in [5.41, 5.74) is 2.54. The van der Waals surface area contributed by atoms with E-state index >= 15 is 0 Å². The normalized spacial score (nSPS) is 21.2. The van der Waals surface area contributed by atoms with Crippen LogP contribution in [0, 0.1) is 5.92 Å². The SMILES string of the molecule is CC1CSc2ccc(S(=O)(=O)N3CCCC3)cc2N(CC(=O)N2CCCc3ccccc32)C1=O. The number of aryl methyl sites for hydroxylation is 1. The van der Waals surface area contributed by atoms with Crippen molar-refractivity contribution in [2.24, 2.45) is 5.92 Å².